The highest BCUT2D eigenvalue weighted by atomic mass is 16.3. The molecule has 5 heteroatoms. The van der Waals surface area contributed by atoms with Crippen molar-refractivity contribution in [3.05, 3.63) is 36.4 Å². The Morgan fingerprint density at radius 1 is 1.12 bits per heavy atom. The van der Waals surface area contributed by atoms with Crippen LogP contribution in [0.5, 0.6) is 0 Å². The van der Waals surface area contributed by atoms with E-state index in [1.165, 1.54) is 57.4 Å². The van der Waals surface area contributed by atoms with Gasteiger partial charge in [0.2, 0.25) is 0 Å². The minimum absolute atomic E-state index is 0.659. The Hall–Kier alpha value is -1.72. The molecule has 134 valence electrons. The van der Waals surface area contributed by atoms with E-state index in [-0.39, 0.29) is 0 Å². The molecule has 0 spiro atoms. The van der Waals surface area contributed by atoms with Gasteiger partial charge in [0.25, 0.3) is 0 Å². The summed E-state index contributed by atoms with van der Waals surface area (Å²) in [6.45, 7) is 8.36. The number of likely N-dealkylation sites (tertiary alicyclic amines) is 2. The second-order valence-corrected chi connectivity index (χ2v) is 7.49. The van der Waals surface area contributed by atoms with E-state index < -0.39 is 0 Å². The van der Waals surface area contributed by atoms with E-state index in [1.54, 1.807) is 6.26 Å². The zero-order chi connectivity index (χ0) is 17.1. The lowest BCUT2D eigenvalue weighted by atomic mass is 9.89. The Balaban J connectivity index is 1.28. The first-order chi connectivity index (χ1) is 12.3. The van der Waals surface area contributed by atoms with Gasteiger partial charge in [0, 0.05) is 30.5 Å². The molecule has 25 heavy (non-hydrogen) atoms. The number of aromatic nitrogens is 2. The van der Waals surface area contributed by atoms with Crippen LogP contribution in [0.25, 0.3) is 11.6 Å². The zero-order valence-electron chi connectivity index (χ0n) is 15.1. The molecule has 0 unspecified atom stereocenters. The fraction of sp³-hybridized carbons (Fsp3) is 0.600. The summed E-state index contributed by atoms with van der Waals surface area (Å²) in [6, 6.07) is 4.50. The molecule has 2 saturated heterocycles. The van der Waals surface area contributed by atoms with E-state index in [4.69, 9.17) is 4.42 Å². The molecule has 2 aromatic rings. The molecule has 2 fully saturated rings. The summed E-state index contributed by atoms with van der Waals surface area (Å²) < 4.78 is 5.35. The number of hydrogen-bond acceptors (Lipinski definition) is 5. The first-order valence-electron chi connectivity index (χ1n) is 9.61. The Labute approximate surface area is 150 Å². The van der Waals surface area contributed by atoms with Gasteiger partial charge in [-0.05, 0) is 76.8 Å². The maximum atomic E-state index is 5.35. The monoisotopic (exact) mass is 340 g/mol. The summed E-state index contributed by atoms with van der Waals surface area (Å²) in [4.78, 5) is 14.1. The molecular formula is C20H28N4O. The molecule has 5 nitrogen and oxygen atoms in total. The maximum Gasteiger partial charge on any atom is 0.195 e. The van der Waals surface area contributed by atoms with Crippen LogP contribution in [0.4, 0.5) is 0 Å². The van der Waals surface area contributed by atoms with Crippen molar-refractivity contribution in [2.45, 2.75) is 45.2 Å². The van der Waals surface area contributed by atoms with Crippen molar-refractivity contribution < 1.29 is 4.42 Å². The zero-order valence-corrected chi connectivity index (χ0v) is 15.1. The average Bonchev–Trinajstić information content (AvgIpc) is 3.36. The third-order valence-corrected chi connectivity index (χ3v) is 5.88. The summed E-state index contributed by atoms with van der Waals surface area (Å²) in [5, 5.41) is 0. The van der Waals surface area contributed by atoms with E-state index >= 15 is 0 Å². The maximum absolute atomic E-state index is 5.35. The molecule has 2 aliphatic rings. The van der Waals surface area contributed by atoms with Crippen molar-refractivity contribution in [2.24, 2.45) is 5.92 Å². The third kappa shape index (κ3) is 3.93. The van der Waals surface area contributed by atoms with Crippen molar-refractivity contribution in [3.63, 3.8) is 0 Å². The van der Waals surface area contributed by atoms with Crippen molar-refractivity contribution >= 4 is 0 Å². The predicted octanol–water partition coefficient (Wildman–Crippen LogP) is 3.43. The molecule has 2 aromatic heterocycles. The lowest BCUT2D eigenvalue weighted by Crippen LogP contribution is -2.42. The Bertz CT molecular complexity index is 641. The molecule has 0 aromatic carbocycles. The highest BCUT2D eigenvalue weighted by Gasteiger charge is 2.28. The van der Waals surface area contributed by atoms with Crippen LogP contribution < -0.4 is 0 Å². The van der Waals surface area contributed by atoms with Gasteiger partial charge in [0.05, 0.1) is 6.26 Å². The molecule has 4 heterocycles. The highest BCUT2D eigenvalue weighted by molar-refractivity contribution is 5.45. The summed E-state index contributed by atoms with van der Waals surface area (Å²) in [7, 11) is 0. The number of furan rings is 1. The van der Waals surface area contributed by atoms with Crippen LogP contribution in [-0.2, 0) is 6.54 Å². The summed E-state index contributed by atoms with van der Waals surface area (Å²) >= 11 is 0. The Morgan fingerprint density at radius 2 is 1.84 bits per heavy atom. The number of piperidine rings is 1. The van der Waals surface area contributed by atoms with Crippen LogP contribution in [0.1, 0.15) is 38.2 Å². The summed E-state index contributed by atoms with van der Waals surface area (Å²) in [5.41, 5.74) is 1.18. The largest absolute Gasteiger partial charge is 0.461 e. The molecule has 0 saturated carbocycles. The number of hydrogen-bond donors (Lipinski definition) is 0. The SMILES string of the molecule is C[C@H](C1CCN(Cc2cnc(-c3ccco3)nc2)CC1)N1CCCC1. The molecule has 0 bridgehead atoms. The predicted molar refractivity (Wildman–Crippen MR) is 98.0 cm³/mol. The van der Waals surface area contributed by atoms with Crippen LogP contribution >= 0.6 is 0 Å². The molecule has 0 radical (unpaired) electrons. The third-order valence-electron chi connectivity index (χ3n) is 5.88. The number of nitrogens with zero attached hydrogens (tertiary/aromatic N) is 4. The lowest BCUT2D eigenvalue weighted by molar-refractivity contribution is 0.108. The van der Waals surface area contributed by atoms with Gasteiger partial charge in [-0.3, -0.25) is 4.90 Å². The second kappa shape index (κ2) is 7.67. The number of rotatable bonds is 5. The Morgan fingerprint density at radius 3 is 2.48 bits per heavy atom. The molecule has 1 atom stereocenters. The van der Waals surface area contributed by atoms with Gasteiger partial charge in [0.15, 0.2) is 11.6 Å². The molecule has 0 amide bonds. The van der Waals surface area contributed by atoms with Crippen molar-refractivity contribution in [2.75, 3.05) is 26.2 Å². The molecule has 0 N–H and O–H groups in total. The van der Waals surface area contributed by atoms with Gasteiger partial charge in [-0.2, -0.15) is 0 Å². The van der Waals surface area contributed by atoms with Crippen molar-refractivity contribution in [1.29, 1.82) is 0 Å². The van der Waals surface area contributed by atoms with E-state index in [9.17, 15) is 0 Å². The van der Waals surface area contributed by atoms with Gasteiger partial charge in [-0.1, -0.05) is 0 Å². The lowest BCUT2D eigenvalue weighted by Gasteiger charge is -2.38. The average molecular weight is 340 g/mol. The fourth-order valence-corrected chi connectivity index (χ4v) is 4.27. The Kier molecular flexibility index (Phi) is 5.13. The smallest absolute Gasteiger partial charge is 0.195 e. The molecular weight excluding hydrogens is 312 g/mol. The molecule has 0 aliphatic carbocycles. The normalized spacial score (nSPS) is 21.6. The fourth-order valence-electron chi connectivity index (χ4n) is 4.27. The van der Waals surface area contributed by atoms with Gasteiger partial charge >= 0.3 is 0 Å². The van der Waals surface area contributed by atoms with Crippen LogP contribution in [0.2, 0.25) is 0 Å². The van der Waals surface area contributed by atoms with E-state index in [0.29, 0.717) is 5.82 Å². The minimum Gasteiger partial charge on any atom is -0.461 e. The van der Waals surface area contributed by atoms with Gasteiger partial charge < -0.3 is 9.32 Å². The van der Waals surface area contributed by atoms with Crippen LogP contribution in [0.3, 0.4) is 0 Å². The van der Waals surface area contributed by atoms with Crippen LogP contribution in [0.15, 0.2) is 35.2 Å². The molecule has 2 aliphatic heterocycles. The van der Waals surface area contributed by atoms with Crippen LogP contribution in [0, 0.1) is 5.92 Å². The first-order valence-corrected chi connectivity index (χ1v) is 9.61. The highest BCUT2D eigenvalue weighted by Crippen LogP contribution is 2.27. The van der Waals surface area contributed by atoms with Gasteiger partial charge in [-0.25, -0.2) is 9.97 Å². The summed E-state index contributed by atoms with van der Waals surface area (Å²) in [6.07, 6.45) is 10.9. The van der Waals surface area contributed by atoms with Gasteiger partial charge in [0.1, 0.15) is 0 Å². The van der Waals surface area contributed by atoms with Crippen LogP contribution in [-0.4, -0.2) is 52.0 Å². The first kappa shape index (κ1) is 16.7. The van der Waals surface area contributed by atoms with E-state index in [0.717, 1.165) is 24.3 Å². The van der Waals surface area contributed by atoms with Crippen molar-refractivity contribution in [3.8, 4) is 11.6 Å². The topological polar surface area (TPSA) is 45.4 Å². The summed E-state index contributed by atoms with van der Waals surface area (Å²) in [5.74, 6) is 2.24. The quantitative estimate of drug-likeness (QED) is 0.834. The van der Waals surface area contributed by atoms with E-state index in [1.807, 2.05) is 24.5 Å². The van der Waals surface area contributed by atoms with Crippen molar-refractivity contribution in [1.82, 2.24) is 19.8 Å². The second-order valence-electron chi connectivity index (χ2n) is 7.49. The molecule has 4 rings (SSSR count). The van der Waals surface area contributed by atoms with E-state index in [2.05, 4.69) is 26.7 Å². The minimum atomic E-state index is 0.659. The standard InChI is InChI=1S/C20H28N4O/c1-16(24-8-2-3-9-24)18-6-10-23(11-7-18)15-17-13-21-20(22-14-17)19-5-4-12-25-19/h4-5,12-14,16,18H,2-3,6-11,15H2,1H3/t16-/m1/s1. The van der Waals surface area contributed by atoms with Gasteiger partial charge in [-0.15, -0.1) is 0 Å².